The summed E-state index contributed by atoms with van der Waals surface area (Å²) >= 11 is 5.87. The van der Waals surface area contributed by atoms with Gasteiger partial charge in [-0.1, -0.05) is 23.7 Å². The molecular weight excluding hydrogens is 328 g/mol. The van der Waals surface area contributed by atoms with Crippen LogP contribution in [-0.2, 0) is 16.1 Å². The van der Waals surface area contributed by atoms with Crippen LogP contribution in [0.2, 0.25) is 5.02 Å². The summed E-state index contributed by atoms with van der Waals surface area (Å²) in [5.74, 6) is -0.736. The van der Waals surface area contributed by atoms with E-state index in [0.29, 0.717) is 16.5 Å². The predicted octanol–water partition coefficient (Wildman–Crippen LogP) is 3.38. The molecule has 2 aromatic carbocycles. The molecule has 5 nitrogen and oxygen atoms in total. The molecule has 0 bridgehead atoms. The molecule has 0 radical (unpaired) electrons. The first-order chi connectivity index (χ1) is 11.4. The molecule has 0 aliphatic heterocycles. The van der Waals surface area contributed by atoms with Gasteiger partial charge in [0.15, 0.2) is 0 Å². The first-order valence-corrected chi connectivity index (χ1v) is 7.92. The van der Waals surface area contributed by atoms with Crippen molar-refractivity contribution in [3.05, 3.63) is 59.1 Å². The fourth-order valence-electron chi connectivity index (χ4n) is 1.99. The zero-order valence-corrected chi connectivity index (χ0v) is 14.3. The SMILES string of the molecule is CC(C)Oc1ccc(NC(=O)C(=O)NCc2cccc(Cl)c2)cc1. The van der Waals surface area contributed by atoms with Crippen molar-refractivity contribution in [2.24, 2.45) is 0 Å². The monoisotopic (exact) mass is 346 g/mol. The highest BCUT2D eigenvalue weighted by molar-refractivity contribution is 6.39. The number of carbonyl (C=O) groups excluding carboxylic acids is 2. The van der Waals surface area contributed by atoms with E-state index in [1.807, 2.05) is 19.9 Å². The molecule has 0 atom stereocenters. The highest BCUT2D eigenvalue weighted by Crippen LogP contribution is 2.16. The van der Waals surface area contributed by atoms with Gasteiger partial charge in [0.05, 0.1) is 6.10 Å². The summed E-state index contributed by atoms with van der Waals surface area (Å²) in [5, 5.41) is 5.67. The van der Waals surface area contributed by atoms with Gasteiger partial charge in [-0.25, -0.2) is 0 Å². The Hall–Kier alpha value is -2.53. The molecule has 0 aromatic heterocycles. The maximum absolute atomic E-state index is 11.9. The molecule has 0 unspecified atom stereocenters. The Balaban J connectivity index is 1.86. The van der Waals surface area contributed by atoms with Crippen molar-refractivity contribution in [2.75, 3.05) is 5.32 Å². The van der Waals surface area contributed by atoms with E-state index in [1.54, 1.807) is 42.5 Å². The van der Waals surface area contributed by atoms with E-state index in [0.717, 1.165) is 5.56 Å². The second-order valence-electron chi connectivity index (χ2n) is 5.46. The van der Waals surface area contributed by atoms with Crippen LogP contribution in [0.5, 0.6) is 5.75 Å². The van der Waals surface area contributed by atoms with E-state index in [-0.39, 0.29) is 12.6 Å². The second-order valence-corrected chi connectivity index (χ2v) is 5.89. The molecule has 0 heterocycles. The van der Waals surface area contributed by atoms with Gasteiger partial charge < -0.3 is 15.4 Å². The highest BCUT2D eigenvalue weighted by atomic mass is 35.5. The van der Waals surface area contributed by atoms with Crippen molar-refractivity contribution in [3.8, 4) is 5.75 Å². The second kappa shape index (κ2) is 8.36. The van der Waals surface area contributed by atoms with Crippen LogP contribution in [0.15, 0.2) is 48.5 Å². The Bertz CT molecular complexity index is 714. The smallest absolute Gasteiger partial charge is 0.313 e. The number of hydrogen-bond acceptors (Lipinski definition) is 3. The lowest BCUT2D eigenvalue weighted by molar-refractivity contribution is -0.136. The third-order valence-corrected chi connectivity index (χ3v) is 3.27. The molecule has 0 saturated carbocycles. The number of nitrogens with one attached hydrogen (secondary N) is 2. The Kier molecular flexibility index (Phi) is 6.21. The van der Waals surface area contributed by atoms with Crippen LogP contribution in [0, 0.1) is 0 Å². The molecule has 2 aromatic rings. The number of rotatable bonds is 5. The van der Waals surface area contributed by atoms with Gasteiger partial charge in [0.1, 0.15) is 5.75 Å². The minimum Gasteiger partial charge on any atom is -0.491 e. The summed E-state index contributed by atoms with van der Waals surface area (Å²) in [7, 11) is 0. The van der Waals surface area contributed by atoms with Gasteiger partial charge in [-0.2, -0.15) is 0 Å². The first kappa shape index (κ1) is 17.8. The minimum atomic E-state index is -0.727. The third kappa shape index (κ3) is 5.59. The number of hydrogen-bond donors (Lipinski definition) is 2. The normalized spacial score (nSPS) is 10.3. The number of carbonyl (C=O) groups is 2. The van der Waals surface area contributed by atoms with Crippen molar-refractivity contribution in [2.45, 2.75) is 26.5 Å². The lowest BCUT2D eigenvalue weighted by atomic mass is 10.2. The summed E-state index contributed by atoms with van der Waals surface area (Å²) in [6.45, 7) is 4.09. The number of benzene rings is 2. The van der Waals surface area contributed by atoms with Crippen molar-refractivity contribution < 1.29 is 14.3 Å². The Morgan fingerprint density at radius 1 is 1.08 bits per heavy atom. The molecule has 6 heteroatoms. The van der Waals surface area contributed by atoms with Crippen molar-refractivity contribution >= 4 is 29.1 Å². The molecule has 0 spiro atoms. The molecule has 0 fully saturated rings. The lowest BCUT2D eigenvalue weighted by Crippen LogP contribution is -2.34. The average molecular weight is 347 g/mol. The Labute approximate surface area is 146 Å². The number of anilines is 1. The first-order valence-electron chi connectivity index (χ1n) is 7.54. The quantitative estimate of drug-likeness (QED) is 0.815. The molecule has 2 amide bonds. The topological polar surface area (TPSA) is 67.4 Å². The van der Waals surface area contributed by atoms with E-state index in [4.69, 9.17) is 16.3 Å². The van der Waals surface area contributed by atoms with Crippen molar-refractivity contribution in [1.82, 2.24) is 5.32 Å². The number of halogens is 1. The molecule has 24 heavy (non-hydrogen) atoms. The van der Waals surface area contributed by atoms with Crippen LogP contribution >= 0.6 is 11.6 Å². The molecule has 2 rings (SSSR count). The molecule has 2 N–H and O–H groups in total. The lowest BCUT2D eigenvalue weighted by Gasteiger charge is -2.10. The summed E-state index contributed by atoms with van der Waals surface area (Å²) in [4.78, 5) is 23.7. The summed E-state index contributed by atoms with van der Waals surface area (Å²) in [6, 6.07) is 13.9. The molecular formula is C18H19ClN2O3. The minimum absolute atomic E-state index is 0.0720. The van der Waals surface area contributed by atoms with Gasteiger partial charge in [0.2, 0.25) is 0 Å². The summed E-state index contributed by atoms with van der Waals surface area (Å²) < 4.78 is 5.52. The molecule has 0 aliphatic rings. The zero-order chi connectivity index (χ0) is 17.5. The van der Waals surface area contributed by atoms with Crippen molar-refractivity contribution in [1.29, 1.82) is 0 Å². The third-order valence-electron chi connectivity index (χ3n) is 3.03. The van der Waals surface area contributed by atoms with Crippen LogP contribution in [0.3, 0.4) is 0 Å². The number of ether oxygens (including phenoxy) is 1. The van der Waals surface area contributed by atoms with Gasteiger partial charge in [0, 0.05) is 17.3 Å². The van der Waals surface area contributed by atoms with E-state index < -0.39 is 11.8 Å². The maximum Gasteiger partial charge on any atom is 0.313 e. The summed E-state index contributed by atoms with van der Waals surface area (Å²) in [6.07, 6.45) is 0.0720. The number of amides is 2. The highest BCUT2D eigenvalue weighted by Gasteiger charge is 2.13. The van der Waals surface area contributed by atoms with Crippen LogP contribution in [0.1, 0.15) is 19.4 Å². The van der Waals surface area contributed by atoms with Gasteiger partial charge in [0.25, 0.3) is 0 Å². The molecule has 126 valence electrons. The van der Waals surface area contributed by atoms with E-state index in [2.05, 4.69) is 10.6 Å². The van der Waals surface area contributed by atoms with Crippen LogP contribution in [0.4, 0.5) is 5.69 Å². The fourth-order valence-corrected chi connectivity index (χ4v) is 2.20. The van der Waals surface area contributed by atoms with E-state index in [1.165, 1.54) is 0 Å². The van der Waals surface area contributed by atoms with E-state index in [9.17, 15) is 9.59 Å². The maximum atomic E-state index is 11.9. The van der Waals surface area contributed by atoms with E-state index >= 15 is 0 Å². The Morgan fingerprint density at radius 2 is 1.79 bits per heavy atom. The van der Waals surface area contributed by atoms with Crippen molar-refractivity contribution in [3.63, 3.8) is 0 Å². The molecule has 0 aliphatic carbocycles. The standard InChI is InChI=1S/C18H19ClN2O3/c1-12(2)24-16-8-6-15(7-9-16)21-18(23)17(22)20-11-13-4-3-5-14(19)10-13/h3-10,12H,11H2,1-2H3,(H,20,22)(H,21,23). The largest absolute Gasteiger partial charge is 0.491 e. The van der Waals surface area contributed by atoms with Crippen LogP contribution < -0.4 is 15.4 Å². The van der Waals surface area contributed by atoms with Gasteiger partial charge in [-0.15, -0.1) is 0 Å². The van der Waals surface area contributed by atoms with Gasteiger partial charge in [-0.3, -0.25) is 9.59 Å². The van der Waals surface area contributed by atoms with Crippen LogP contribution in [0.25, 0.3) is 0 Å². The Morgan fingerprint density at radius 3 is 2.42 bits per heavy atom. The van der Waals surface area contributed by atoms with Crippen LogP contribution in [-0.4, -0.2) is 17.9 Å². The molecule has 0 saturated heterocycles. The zero-order valence-electron chi connectivity index (χ0n) is 13.5. The van der Waals surface area contributed by atoms with Gasteiger partial charge >= 0.3 is 11.8 Å². The van der Waals surface area contributed by atoms with Gasteiger partial charge in [-0.05, 0) is 55.8 Å². The fraction of sp³-hybridized carbons (Fsp3) is 0.222. The summed E-state index contributed by atoms with van der Waals surface area (Å²) in [5.41, 5.74) is 1.34. The average Bonchev–Trinajstić information content (AvgIpc) is 2.54. The predicted molar refractivity (Wildman–Crippen MR) is 94.1 cm³/mol.